The maximum absolute atomic E-state index is 7.56. The summed E-state index contributed by atoms with van der Waals surface area (Å²) in [4.78, 5) is 3.93. The van der Waals surface area contributed by atoms with Crippen LogP contribution in [-0.4, -0.2) is 26.4 Å². The van der Waals surface area contributed by atoms with Crippen LogP contribution >= 0.6 is 22.6 Å². The number of nitrogens with zero attached hydrogens (tertiary/aromatic N) is 1. The monoisotopic (exact) mass is 284 g/mol. The summed E-state index contributed by atoms with van der Waals surface area (Å²) in [6, 6.07) is 0. The van der Waals surface area contributed by atoms with Crippen molar-refractivity contribution in [2.45, 2.75) is 6.35 Å². The van der Waals surface area contributed by atoms with E-state index in [0.717, 1.165) is 5.31 Å². The number of halogens is 1. The maximum atomic E-state index is 7.56. The van der Waals surface area contributed by atoms with Gasteiger partial charge >= 0.3 is 0 Å². The van der Waals surface area contributed by atoms with Crippen LogP contribution in [0.4, 0.5) is 0 Å². The Kier molecular flexibility index (Phi) is 2.67. The second-order valence-electron chi connectivity index (χ2n) is 2.03. The molecule has 6 heteroatoms. The second kappa shape index (κ2) is 3.94. The molecule has 0 saturated heterocycles. The van der Waals surface area contributed by atoms with E-state index in [2.05, 4.69) is 4.99 Å². The molecule has 0 fully saturated rings. The van der Waals surface area contributed by atoms with Gasteiger partial charge in [0, 0.05) is 7.11 Å². The molecular formula is C6H10IN3O2. The van der Waals surface area contributed by atoms with E-state index in [4.69, 9.17) is 16.6 Å². The quantitative estimate of drug-likeness (QED) is 0.707. The zero-order valence-electron chi connectivity index (χ0n) is 7.74. The summed E-state index contributed by atoms with van der Waals surface area (Å²) in [6.45, 7) is 0. The number of amidine groups is 1. The molecule has 1 rings (SSSR count). The molecule has 12 heavy (non-hydrogen) atoms. The molecule has 68 valence electrons. The minimum absolute atomic E-state index is 0.327. The summed E-state index contributed by atoms with van der Waals surface area (Å²) in [5, 5.41) is 1.03. The Balaban J connectivity index is 3.00. The predicted octanol–water partition coefficient (Wildman–Crippen LogP) is 0.127. The number of hydrogen-bond acceptors (Lipinski definition) is 5. The zero-order chi connectivity index (χ0) is 10.0. The standard InChI is InChI=1S/C6H10IN3O2/c1-11-5-3(7)4(8)9-6(10-5)12-2/h6,10H,1-2H3,(H2,8,9)/i/hD. The topological polar surface area (TPSA) is 68.9 Å². The largest absolute Gasteiger partial charge is 0.482 e. The van der Waals surface area contributed by atoms with Gasteiger partial charge in [0.2, 0.25) is 12.2 Å². The molecule has 0 bridgehead atoms. The number of aliphatic imine (C=N–C) groups is 1. The highest BCUT2D eigenvalue weighted by atomic mass is 127. The first kappa shape index (κ1) is 8.11. The Morgan fingerprint density at radius 2 is 2.42 bits per heavy atom. The molecule has 0 radical (unpaired) electrons. The van der Waals surface area contributed by atoms with Gasteiger partial charge in [0.15, 0.2) is 1.41 Å². The van der Waals surface area contributed by atoms with E-state index in [1.807, 2.05) is 22.6 Å². The normalized spacial score (nSPS) is 25.2. The maximum Gasteiger partial charge on any atom is 0.229 e. The van der Waals surface area contributed by atoms with Gasteiger partial charge in [0.1, 0.15) is 9.42 Å². The van der Waals surface area contributed by atoms with E-state index in [-0.39, 0.29) is 0 Å². The molecule has 1 heterocycles. The molecule has 5 nitrogen and oxygen atoms in total. The Morgan fingerprint density at radius 3 is 2.92 bits per heavy atom. The van der Waals surface area contributed by atoms with Crippen LogP contribution < -0.4 is 11.0 Å². The van der Waals surface area contributed by atoms with E-state index in [1.165, 1.54) is 14.2 Å². The van der Waals surface area contributed by atoms with Gasteiger partial charge in [-0.1, -0.05) is 0 Å². The molecule has 0 aromatic carbocycles. The van der Waals surface area contributed by atoms with Crippen LogP contribution in [0.15, 0.2) is 14.5 Å². The van der Waals surface area contributed by atoms with Crippen LogP contribution in [-0.2, 0) is 9.47 Å². The van der Waals surface area contributed by atoms with Crippen molar-refractivity contribution in [3.8, 4) is 0 Å². The van der Waals surface area contributed by atoms with Crippen molar-refractivity contribution >= 4 is 28.4 Å². The second-order valence-corrected chi connectivity index (χ2v) is 3.11. The third-order valence-corrected chi connectivity index (χ3v) is 2.31. The highest BCUT2D eigenvalue weighted by molar-refractivity contribution is 14.1. The Labute approximate surface area is 85.6 Å². The smallest absolute Gasteiger partial charge is 0.229 e. The van der Waals surface area contributed by atoms with Crippen molar-refractivity contribution in [1.29, 1.82) is 0 Å². The van der Waals surface area contributed by atoms with Crippen LogP contribution in [0, 0.1) is 0 Å². The van der Waals surface area contributed by atoms with Crippen molar-refractivity contribution in [3.63, 3.8) is 0 Å². The minimum Gasteiger partial charge on any atom is -0.482 e. The van der Waals surface area contributed by atoms with Crippen molar-refractivity contribution in [1.82, 2.24) is 5.31 Å². The molecule has 0 amide bonds. The van der Waals surface area contributed by atoms with Crippen LogP contribution in [0.5, 0.6) is 0 Å². The van der Waals surface area contributed by atoms with Crippen LogP contribution in [0.1, 0.15) is 0 Å². The Hall–Kier alpha value is -0.500. The number of hydrogen-bond donors (Lipinski definition) is 2. The van der Waals surface area contributed by atoms with Gasteiger partial charge in [-0.15, -0.1) is 0 Å². The van der Waals surface area contributed by atoms with E-state index in [0.29, 0.717) is 15.3 Å². The fraction of sp³-hybridized carbons (Fsp3) is 0.500. The summed E-state index contributed by atoms with van der Waals surface area (Å²) >= 11 is 1.97. The Morgan fingerprint density at radius 1 is 1.75 bits per heavy atom. The average Bonchev–Trinajstić information content (AvgIpc) is 2.12. The van der Waals surface area contributed by atoms with Crippen LogP contribution in [0.25, 0.3) is 0 Å². The summed E-state index contributed by atoms with van der Waals surface area (Å²) in [5.74, 6) is 0.674. The van der Waals surface area contributed by atoms with Crippen molar-refractivity contribution in [2.75, 3.05) is 14.2 Å². The highest BCUT2D eigenvalue weighted by Gasteiger charge is 2.19. The molecule has 3 N–H and O–H groups in total. The lowest BCUT2D eigenvalue weighted by atomic mass is 10.5. The number of nitrogens with one attached hydrogen (secondary N) is 1. The summed E-state index contributed by atoms with van der Waals surface area (Å²) < 4.78 is 18.1. The first-order chi connectivity index (χ1) is 6.11. The zero-order valence-corrected chi connectivity index (χ0v) is 8.90. The molecule has 1 aliphatic rings. The van der Waals surface area contributed by atoms with Gasteiger partial charge in [-0.25, -0.2) is 4.99 Å². The van der Waals surface area contributed by atoms with E-state index in [9.17, 15) is 0 Å². The van der Waals surface area contributed by atoms with Gasteiger partial charge in [-0.3, -0.25) is 0 Å². The number of nitrogens with two attached hydrogens (primary N) is 1. The number of ether oxygens (including phenoxy) is 2. The molecule has 0 saturated carbocycles. The SMILES string of the molecule is [2H]N1C(OC)=C(I)C(N)=NC1OC. The molecule has 0 aliphatic carbocycles. The first-order valence-electron chi connectivity index (χ1n) is 3.64. The molecule has 0 aromatic heterocycles. The lowest BCUT2D eigenvalue weighted by Crippen LogP contribution is -2.37. The third kappa shape index (κ3) is 1.81. The average molecular weight is 284 g/mol. The van der Waals surface area contributed by atoms with E-state index in [1.54, 1.807) is 0 Å². The fourth-order valence-corrected chi connectivity index (χ4v) is 1.22. The van der Waals surface area contributed by atoms with Crippen LogP contribution in [0.3, 0.4) is 0 Å². The molecule has 1 atom stereocenters. The van der Waals surface area contributed by atoms with E-state index < -0.39 is 6.35 Å². The van der Waals surface area contributed by atoms with Crippen LogP contribution in [0.2, 0.25) is 1.41 Å². The minimum atomic E-state index is -0.728. The lowest BCUT2D eigenvalue weighted by Gasteiger charge is -2.21. The fourth-order valence-electron chi connectivity index (χ4n) is 0.719. The number of methoxy groups -OCH3 is 2. The molecule has 1 aliphatic heterocycles. The molecular weight excluding hydrogens is 273 g/mol. The number of rotatable bonds is 2. The van der Waals surface area contributed by atoms with Gasteiger partial charge < -0.3 is 20.5 Å². The van der Waals surface area contributed by atoms with Gasteiger partial charge in [0.25, 0.3) is 0 Å². The van der Waals surface area contributed by atoms with Gasteiger partial charge in [-0.2, -0.15) is 0 Å². The molecule has 0 spiro atoms. The van der Waals surface area contributed by atoms with E-state index >= 15 is 0 Å². The van der Waals surface area contributed by atoms with Gasteiger partial charge in [0.05, 0.1) is 7.11 Å². The summed E-state index contributed by atoms with van der Waals surface area (Å²) in [6.07, 6.45) is -0.728. The predicted molar refractivity (Wildman–Crippen MR) is 53.6 cm³/mol. The van der Waals surface area contributed by atoms with Crippen molar-refractivity contribution in [2.24, 2.45) is 10.7 Å². The van der Waals surface area contributed by atoms with Gasteiger partial charge in [-0.05, 0) is 22.6 Å². The summed E-state index contributed by atoms with van der Waals surface area (Å²) in [5.41, 5.74) is 5.59. The lowest BCUT2D eigenvalue weighted by molar-refractivity contribution is 0.0687. The van der Waals surface area contributed by atoms with Crippen molar-refractivity contribution in [3.05, 3.63) is 9.46 Å². The summed E-state index contributed by atoms with van der Waals surface area (Å²) in [7, 11) is 2.93. The highest BCUT2D eigenvalue weighted by Crippen LogP contribution is 2.16. The molecule has 0 aromatic rings. The third-order valence-electron chi connectivity index (χ3n) is 1.29. The van der Waals surface area contributed by atoms with Crippen molar-refractivity contribution < 1.29 is 10.9 Å². The first-order valence-corrected chi connectivity index (χ1v) is 4.28. The Bertz CT molecular complexity index is 269. The molecule has 1 unspecified atom stereocenters.